The third kappa shape index (κ3) is 5.68. The van der Waals surface area contributed by atoms with Gasteiger partial charge in [-0.15, -0.1) is 0 Å². The van der Waals surface area contributed by atoms with Gasteiger partial charge in [-0.1, -0.05) is 30.3 Å². The van der Waals surface area contributed by atoms with Gasteiger partial charge in [0.2, 0.25) is 15.9 Å². The van der Waals surface area contributed by atoms with Crippen molar-refractivity contribution in [2.24, 2.45) is 0 Å². The maximum atomic E-state index is 14.0. The number of rotatable bonds is 8. The number of anilines is 1. The smallest absolute Gasteiger partial charge is 0.242 e. The Bertz CT molecular complexity index is 1220. The third-order valence-corrected chi connectivity index (χ3v) is 6.23. The summed E-state index contributed by atoms with van der Waals surface area (Å²) in [7, 11) is -2.64. The summed E-state index contributed by atoms with van der Waals surface area (Å²) in [5, 5.41) is 2.27. The number of benzene rings is 3. The van der Waals surface area contributed by atoms with Gasteiger partial charge in [-0.2, -0.15) is 4.72 Å². The molecule has 0 aliphatic carbocycles. The van der Waals surface area contributed by atoms with E-state index >= 15 is 0 Å². The fourth-order valence-corrected chi connectivity index (χ4v) is 4.40. The second-order valence-electron chi connectivity index (χ2n) is 7.11. The van der Waals surface area contributed by atoms with Crippen molar-refractivity contribution in [1.29, 1.82) is 0 Å². The molecule has 1 amide bonds. The monoisotopic (exact) mass is 460 g/mol. The largest absolute Gasteiger partial charge is 0.496 e. The Morgan fingerprint density at radius 2 is 1.75 bits per heavy atom. The van der Waals surface area contributed by atoms with Crippen LogP contribution in [0.25, 0.3) is 0 Å². The van der Waals surface area contributed by atoms with E-state index in [-0.39, 0.29) is 17.0 Å². The van der Waals surface area contributed by atoms with Crippen molar-refractivity contribution in [2.75, 3.05) is 12.4 Å². The molecule has 32 heavy (non-hydrogen) atoms. The summed E-state index contributed by atoms with van der Waals surface area (Å²) in [6, 6.07) is 14.4. The minimum atomic E-state index is -4.12. The highest BCUT2D eigenvalue weighted by Crippen LogP contribution is 2.22. The zero-order chi connectivity index (χ0) is 23.3. The highest BCUT2D eigenvalue weighted by atomic mass is 32.2. The Morgan fingerprint density at radius 1 is 1.03 bits per heavy atom. The van der Waals surface area contributed by atoms with E-state index in [2.05, 4.69) is 10.0 Å². The Kier molecular flexibility index (Phi) is 7.22. The molecule has 0 fully saturated rings. The van der Waals surface area contributed by atoms with E-state index in [0.29, 0.717) is 16.9 Å². The first-order valence-electron chi connectivity index (χ1n) is 9.66. The van der Waals surface area contributed by atoms with Crippen LogP contribution in [-0.4, -0.2) is 27.5 Å². The highest BCUT2D eigenvalue weighted by Gasteiger charge is 2.27. The zero-order valence-corrected chi connectivity index (χ0v) is 18.2. The predicted octanol–water partition coefficient (Wildman–Crippen LogP) is 3.81. The predicted molar refractivity (Wildman–Crippen MR) is 117 cm³/mol. The summed E-state index contributed by atoms with van der Waals surface area (Å²) in [6.07, 6.45) is -0.00201. The van der Waals surface area contributed by atoms with Crippen LogP contribution in [0.5, 0.6) is 5.75 Å². The van der Waals surface area contributed by atoms with E-state index in [0.717, 1.165) is 18.2 Å². The lowest BCUT2D eigenvalue weighted by Gasteiger charge is -2.19. The topological polar surface area (TPSA) is 84.5 Å². The van der Waals surface area contributed by atoms with Crippen LogP contribution in [0.2, 0.25) is 0 Å². The molecule has 0 aliphatic rings. The van der Waals surface area contributed by atoms with Gasteiger partial charge in [-0.05, 0) is 54.8 Å². The summed E-state index contributed by atoms with van der Waals surface area (Å²) in [5.41, 5.74) is 0.898. The molecule has 9 heteroatoms. The van der Waals surface area contributed by atoms with Gasteiger partial charge in [-0.25, -0.2) is 17.2 Å². The fourth-order valence-electron chi connectivity index (χ4n) is 3.12. The molecular weight excluding hydrogens is 438 g/mol. The molecule has 0 heterocycles. The first kappa shape index (κ1) is 23.4. The van der Waals surface area contributed by atoms with Crippen LogP contribution in [-0.2, 0) is 21.2 Å². The van der Waals surface area contributed by atoms with Gasteiger partial charge in [0.05, 0.1) is 17.7 Å². The number of carbonyl (C=O) groups is 1. The number of carbonyl (C=O) groups excluding carboxylic acids is 1. The lowest BCUT2D eigenvalue weighted by Crippen LogP contribution is -2.45. The highest BCUT2D eigenvalue weighted by molar-refractivity contribution is 7.89. The summed E-state index contributed by atoms with van der Waals surface area (Å²) >= 11 is 0. The Morgan fingerprint density at radius 3 is 2.41 bits per heavy atom. The van der Waals surface area contributed by atoms with E-state index in [1.165, 1.54) is 25.3 Å². The molecule has 0 aromatic heterocycles. The van der Waals surface area contributed by atoms with Crippen molar-refractivity contribution >= 4 is 21.6 Å². The van der Waals surface area contributed by atoms with Crippen LogP contribution < -0.4 is 14.8 Å². The number of ether oxygens (including phenoxy) is 1. The molecule has 168 valence electrons. The van der Waals surface area contributed by atoms with Crippen LogP contribution in [0.3, 0.4) is 0 Å². The van der Waals surface area contributed by atoms with Crippen LogP contribution in [0.1, 0.15) is 11.1 Å². The lowest BCUT2D eigenvalue weighted by molar-refractivity contribution is -0.117. The number of hydrogen-bond acceptors (Lipinski definition) is 4. The first-order valence-corrected chi connectivity index (χ1v) is 11.1. The number of nitrogens with one attached hydrogen (secondary N) is 2. The second-order valence-corrected chi connectivity index (χ2v) is 8.82. The fraction of sp³-hybridized carbons (Fsp3) is 0.174. The normalized spacial score (nSPS) is 12.2. The molecule has 0 saturated carbocycles. The Balaban J connectivity index is 1.90. The lowest BCUT2D eigenvalue weighted by atomic mass is 10.1. The number of methoxy groups -OCH3 is 1. The van der Waals surface area contributed by atoms with Crippen molar-refractivity contribution in [3.63, 3.8) is 0 Å². The van der Waals surface area contributed by atoms with E-state index in [4.69, 9.17) is 4.74 Å². The van der Waals surface area contributed by atoms with Crippen molar-refractivity contribution in [1.82, 2.24) is 4.72 Å². The van der Waals surface area contributed by atoms with E-state index < -0.39 is 33.6 Å². The first-order chi connectivity index (χ1) is 15.2. The standard InChI is InChI=1S/C23H22F2N2O4S/c1-15-12-18(9-11-22(15)31-2)32(29,30)27-21(13-16-6-4-3-5-7-16)23(28)26-20-14-17(24)8-10-19(20)25/h3-12,14,21,27H,13H2,1-2H3,(H,26,28)/t21-/m0/s1. The molecule has 6 nitrogen and oxygen atoms in total. The van der Waals surface area contributed by atoms with Crippen LogP contribution >= 0.6 is 0 Å². The molecule has 0 spiro atoms. The second kappa shape index (κ2) is 9.88. The van der Waals surface area contributed by atoms with Crippen molar-refractivity contribution in [3.8, 4) is 5.75 Å². The average molecular weight is 461 g/mol. The Labute approximate surface area is 185 Å². The molecular formula is C23H22F2N2O4S. The van der Waals surface area contributed by atoms with Gasteiger partial charge in [0.15, 0.2) is 0 Å². The quantitative estimate of drug-likeness (QED) is 0.536. The number of halogens is 2. The molecule has 2 N–H and O–H groups in total. The number of sulfonamides is 1. The number of hydrogen-bond donors (Lipinski definition) is 2. The molecule has 0 aliphatic heterocycles. The van der Waals surface area contributed by atoms with Crippen molar-refractivity contribution in [2.45, 2.75) is 24.3 Å². The van der Waals surface area contributed by atoms with Gasteiger partial charge in [0.25, 0.3) is 0 Å². The summed E-state index contributed by atoms with van der Waals surface area (Å²) in [4.78, 5) is 12.9. The maximum absolute atomic E-state index is 14.0. The zero-order valence-electron chi connectivity index (χ0n) is 17.4. The molecule has 3 aromatic rings. The van der Waals surface area contributed by atoms with E-state index in [1.807, 2.05) is 0 Å². The summed E-state index contributed by atoms with van der Waals surface area (Å²) < 4.78 is 61.0. The molecule has 0 unspecified atom stereocenters. The summed E-state index contributed by atoms with van der Waals surface area (Å²) in [6.45, 7) is 1.69. The Hall–Kier alpha value is -3.30. The molecule has 3 aromatic carbocycles. The minimum Gasteiger partial charge on any atom is -0.496 e. The summed E-state index contributed by atoms with van der Waals surface area (Å²) in [5.74, 6) is -1.89. The van der Waals surface area contributed by atoms with E-state index in [1.54, 1.807) is 37.3 Å². The molecule has 3 rings (SSSR count). The minimum absolute atomic E-state index is 0.00201. The SMILES string of the molecule is COc1ccc(S(=O)(=O)N[C@@H](Cc2ccccc2)C(=O)Nc2cc(F)ccc2F)cc1C. The molecule has 0 saturated heterocycles. The van der Waals surface area contributed by atoms with Gasteiger partial charge in [0.1, 0.15) is 23.4 Å². The third-order valence-electron chi connectivity index (χ3n) is 4.76. The van der Waals surface area contributed by atoms with E-state index in [9.17, 15) is 22.0 Å². The van der Waals surface area contributed by atoms with Crippen LogP contribution in [0.15, 0.2) is 71.6 Å². The molecule has 1 atom stereocenters. The average Bonchev–Trinajstić information content (AvgIpc) is 2.76. The van der Waals surface area contributed by atoms with Crippen molar-refractivity contribution in [3.05, 3.63) is 89.5 Å². The maximum Gasteiger partial charge on any atom is 0.242 e. The number of aryl methyl sites for hydroxylation is 1. The van der Waals surface area contributed by atoms with Crippen molar-refractivity contribution < 1.29 is 26.7 Å². The molecule has 0 bridgehead atoms. The van der Waals surface area contributed by atoms with Gasteiger partial charge < -0.3 is 10.1 Å². The molecule has 0 radical (unpaired) electrons. The van der Waals surface area contributed by atoms with Crippen LogP contribution in [0.4, 0.5) is 14.5 Å². The van der Waals surface area contributed by atoms with Gasteiger partial charge >= 0.3 is 0 Å². The van der Waals surface area contributed by atoms with Crippen LogP contribution in [0, 0.1) is 18.6 Å². The van der Waals surface area contributed by atoms with Gasteiger partial charge in [0, 0.05) is 6.07 Å². The number of amides is 1. The van der Waals surface area contributed by atoms with Gasteiger partial charge in [-0.3, -0.25) is 4.79 Å².